The molecule has 1 aromatic heterocycles. The molecule has 0 aromatic carbocycles. The molecule has 84 valence electrons. The predicted molar refractivity (Wildman–Crippen MR) is 66.6 cm³/mol. The second-order valence-electron chi connectivity index (χ2n) is 3.24. The largest absolute Gasteiger partial charge is 0.380 e. The maximum atomic E-state index is 5.32. The molecule has 4 heteroatoms. The number of pyridine rings is 1. The Hall–Kier alpha value is -0.610. The first-order valence-electron chi connectivity index (χ1n) is 5.08. The van der Waals surface area contributed by atoms with Gasteiger partial charge >= 0.3 is 0 Å². The minimum Gasteiger partial charge on any atom is -0.380 e. The first-order chi connectivity index (χ1) is 7.29. The molecule has 0 radical (unpaired) electrons. The van der Waals surface area contributed by atoms with Gasteiger partial charge in [-0.3, -0.25) is 0 Å². The summed E-state index contributed by atoms with van der Waals surface area (Å²) in [6.45, 7) is 4.38. The number of hydrogen-bond donors (Lipinski definition) is 0. The standard InChI is InChI=1S/C11H17BrN2O/c1-3-15-8-7-14(2)11-10(9-12)5-4-6-13-11/h4-6H,3,7-9H2,1-2H3. The van der Waals surface area contributed by atoms with Gasteiger partial charge in [0.2, 0.25) is 0 Å². The van der Waals surface area contributed by atoms with Crippen LogP contribution in [-0.2, 0) is 10.1 Å². The van der Waals surface area contributed by atoms with E-state index in [0.717, 1.165) is 30.9 Å². The Morgan fingerprint density at radius 3 is 3.00 bits per heavy atom. The lowest BCUT2D eigenvalue weighted by Crippen LogP contribution is -2.24. The number of ether oxygens (including phenoxy) is 1. The zero-order valence-corrected chi connectivity index (χ0v) is 10.8. The average Bonchev–Trinajstić information content (AvgIpc) is 2.29. The SMILES string of the molecule is CCOCCN(C)c1ncccc1CBr. The van der Waals surface area contributed by atoms with Crippen LogP contribution in [0.25, 0.3) is 0 Å². The maximum Gasteiger partial charge on any atom is 0.132 e. The molecule has 1 rings (SSSR count). The number of alkyl halides is 1. The molecule has 0 fully saturated rings. The summed E-state index contributed by atoms with van der Waals surface area (Å²) in [6, 6.07) is 4.03. The molecule has 1 aromatic rings. The molecule has 0 saturated carbocycles. The Morgan fingerprint density at radius 1 is 1.53 bits per heavy atom. The summed E-state index contributed by atoms with van der Waals surface area (Å²) in [5.74, 6) is 1.02. The van der Waals surface area contributed by atoms with Gasteiger partial charge in [0.15, 0.2) is 0 Å². The number of aromatic nitrogens is 1. The van der Waals surface area contributed by atoms with E-state index >= 15 is 0 Å². The Bertz CT molecular complexity index is 294. The molecular weight excluding hydrogens is 256 g/mol. The van der Waals surface area contributed by atoms with Crippen LogP contribution in [-0.4, -0.2) is 31.8 Å². The summed E-state index contributed by atoms with van der Waals surface area (Å²) in [5.41, 5.74) is 1.21. The van der Waals surface area contributed by atoms with E-state index in [1.54, 1.807) is 0 Å². The van der Waals surface area contributed by atoms with Crippen molar-refractivity contribution >= 4 is 21.7 Å². The fourth-order valence-corrected chi connectivity index (χ4v) is 1.77. The van der Waals surface area contributed by atoms with E-state index in [9.17, 15) is 0 Å². The molecule has 0 bridgehead atoms. The van der Waals surface area contributed by atoms with Crippen LogP contribution in [0.15, 0.2) is 18.3 Å². The Kier molecular flexibility index (Phi) is 5.65. The monoisotopic (exact) mass is 272 g/mol. The van der Waals surface area contributed by atoms with Crippen LogP contribution in [0.4, 0.5) is 5.82 Å². The Morgan fingerprint density at radius 2 is 2.33 bits per heavy atom. The van der Waals surface area contributed by atoms with Gasteiger partial charge in [-0.05, 0) is 13.0 Å². The second kappa shape index (κ2) is 6.80. The zero-order valence-electron chi connectivity index (χ0n) is 9.24. The van der Waals surface area contributed by atoms with E-state index in [4.69, 9.17) is 4.74 Å². The molecule has 0 atom stereocenters. The fraction of sp³-hybridized carbons (Fsp3) is 0.545. The molecule has 1 heterocycles. The highest BCUT2D eigenvalue weighted by molar-refractivity contribution is 9.08. The van der Waals surface area contributed by atoms with Gasteiger partial charge in [0.05, 0.1) is 6.61 Å². The van der Waals surface area contributed by atoms with Gasteiger partial charge in [-0.2, -0.15) is 0 Å². The van der Waals surface area contributed by atoms with Crippen molar-refractivity contribution in [3.05, 3.63) is 23.9 Å². The molecule has 0 saturated heterocycles. The third-order valence-electron chi connectivity index (χ3n) is 2.15. The maximum absolute atomic E-state index is 5.32. The summed E-state index contributed by atoms with van der Waals surface area (Å²) in [6.07, 6.45) is 1.82. The van der Waals surface area contributed by atoms with E-state index in [2.05, 4.69) is 31.9 Å². The van der Waals surface area contributed by atoms with E-state index in [1.165, 1.54) is 5.56 Å². The summed E-state index contributed by atoms with van der Waals surface area (Å²) in [4.78, 5) is 6.49. The number of nitrogens with zero attached hydrogens (tertiary/aromatic N) is 2. The molecule has 0 aliphatic heterocycles. The number of anilines is 1. The van der Waals surface area contributed by atoms with Crippen LogP contribution in [0.3, 0.4) is 0 Å². The Balaban J connectivity index is 2.59. The van der Waals surface area contributed by atoms with Crippen molar-refractivity contribution in [3.8, 4) is 0 Å². The second-order valence-corrected chi connectivity index (χ2v) is 3.80. The summed E-state index contributed by atoms with van der Waals surface area (Å²) < 4.78 is 5.32. The molecule has 0 aliphatic rings. The molecule has 0 unspecified atom stereocenters. The van der Waals surface area contributed by atoms with Crippen molar-refractivity contribution in [1.82, 2.24) is 4.98 Å². The van der Waals surface area contributed by atoms with Gasteiger partial charge in [0.1, 0.15) is 5.82 Å². The molecule has 0 N–H and O–H groups in total. The predicted octanol–water partition coefficient (Wildman–Crippen LogP) is 2.45. The van der Waals surface area contributed by atoms with Crippen molar-refractivity contribution in [1.29, 1.82) is 0 Å². The van der Waals surface area contributed by atoms with Crippen molar-refractivity contribution < 1.29 is 4.74 Å². The number of rotatable bonds is 6. The molecule has 15 heavy (non-hydrogen) atoms. The fourth-order valence-electron chi connectivity index (χ4n) is 1.33. The van der Waals surface area contributed by atoms with E-state index < -0.39 is 0 Å². The molecule has 0 aliphatic carbocycles. The minimum absolute atomic E-state index is 0.741. The van der Waals surface area contributed by atoms with E-state index in [0.29, 0.717) is 0 Å². The Labute approximate surface area is 99.6 Å². The molecule has 0 amide bonds. The van der Waals surface area contributed by atoms with Crippen LogP contribution < -0.4 is 4.90 Å². The molecular formula is C11H17BrN2O. The lowest BCUT2D eigenvalue weighted by molar-refractivity contribution is 0.154. The van der Waals surface area contributed by atoms with Crippen LogP contribution in [0, 0.1) is 0 Å². The first-order valence-corrected chi connectivity index (χ1v) is 6.20. The van der Waals surface area contributed by atoms with Crippen molar-refractivity contribution in [2.75, 3.05) is 31.7 Å². The van der Waals surface area contributed by atoms with Gasteiger partial charge in [-0.25, -0.2) is 4.98 Å². The zero-order chi connectivity index (χ0) is 11.1. The normalized spacial score (nSPS) is 10.3. The van der Waals surface area contributed by atoms with Gasteiger partial charge in [0, 0.05) is 37.3 Å². The van der Waals surface area contributed by atoms with Crippen molar-refractivity contribution in [2.45, 2.75) is 12.3 Å². The van der Waals surface area contributed by atoms with Crippen LogP contribution in [0.5, 0.6) is 0 Å². The smallest absolute Gasteiger partial charge is 0.132 e. The van der Waals surface area contributed by atoms with Gasteiger partial charge in [-0.1, -0.05) is 22.0 Å². The lowest BCUT2D eigenvalue weighted by Gasteiger charge is -2.20. The van der Waals surface area contributed by atoms with Crippen LogP contribution in [0.1, 0.15) is 12.5 Å². The number of likely N-dealkylation sites (N-methyl/N-ethyl adjacent to an activating group) is 1. The highest BCUT2D eigenvalue weighted by Gasteiger charge is 2.06. The summed E-state index contributed by atoms with van der Waals surface area (Å²) in [5, 5.41) is 0.829. The summed E-state index contributed by atoms with van der Waals surface area (Å²) >= 11 is 3.46. The number of hydrogen-bond acceptors (Lipinski definition) is 3. The molecule has 3 nitrogen and oxygen atoms in total. The molecule has 0 spiro atoms. The van der Waals surface area contributed by atoms with Crippen LogP contribution >= 0.6 is 15.9 Å². The van der Waals surface area contributed by atoms with Crippen LogP contribution in [0.2, 0.25) is 0 Å². The highest BCUT2D eigenvalue weighted by Crippen LogP contribution is 2.17. The quantitative estimate of drug-likeness (QED) is 0.588. The van der Waals surface area contributed by atoms with Gasteiger partial charge < -0.3 is 9.64 Å². The topological polar surface area (TPSA) is 25.4 Å². The van der Waals surface area contributed by atoms with Gasteiger partial charge in [-0.15, -0.1) is 0 Å². The number of halogens is 1. The lowest BCUT2D eigenvalue weighted by atomic mass is 10.3. The highest BCUT2D eigenvalue weighted by atomic mass is 79.9. The third-order valence-corrected chi connectivity index (χ3v) is 2.75. The first kappa shape index (κ1) is 12.5. The summed E-state index contributed by atoms with van der Waals surface area (Å²) in [7, 11) is 2.04. The van der Waals surface area contributed by atoms with E-state index in [-0.39, 0.29) is 0 Å². The average molecular weight is 273 g/mol. The van der Waals surface area contributed by atoms with Crippen molar-refractivity contribution in [2.24, 2.45) is 0 Å². The third kappa shape index (κ3) is 3.80. The van der Waals surface area contributed by atoms with Gasteiger partial charge in [0.25, 0.3) is 0 Å². The van der Waals surface area contributed by atoms with E-state index in [1.807, 2.05) is 26.2 Å². The minimum atomic E-state index is 0.741. The van der Waals surface area contributed by atoms with Crippen molar-refractivity contribution in [3.63, 3.8) is 0 Å².